The number of aromatic nitrogens is 1. The van der Waals surface area contributed by atoms with Gasteiger partial charge in [-0.25, -0.2) is 4.39 Å². The summed E-state index contributed by atoms with van der Waals surface area (Å²) in [4.78, 5) is 19.0. The highest BCUT2D eigenvalue weighted by molar-refractivity contribution is 5.91. The largest absolute Gasteiger partial charge is 0.453 e. The highest BCUT2D eigenvalue weighted by atomic mass is 19.1. The van der Waals surface area contributed by atoms with Gasteiger partial charge in [0.1, 0.15) is 5.58 Å². The molecule has 4 aromatic rings. The Labute approximate surface area is 154 Å². The third-order valence-electron chi connectivity index (χ3n) is 5.36. The number of benzene rings is 2. The molecular weight excluding hydrogens is 343 g/mol. The first-order valence-electron chi connectivity index (χ1n) is 9.01. The minimum absolute atomic E-state index is 0.0169. The topological polar surface area (TPSA) is 46.3 Å². The van der Waals surface area contributed by atoms with E-state index in [4.69, 9.17) is 4.42 Å². The van der Waals surface area contributed by atoms with Crippen LogP contribution in [0.3, 0.4) is 0 Å². The van der Waals surface area contributed by atoms with Crippen molar-refractivity contribution < 1.29 is 8.81 Å². The van der Waals surface area contributed by atoms with Gasteiger partial charge in [0.05, 0.1) is 10.8 Å². The maximum absolute atomic E-state index is 14.1. The summed E-state index contributed by atoms with van der Waals surface area (Å²) in [6.07, 6.45) is 4.70. The number of hydrogen-bond donors (Lipinski definition) is 0. The molecule has 0 bridgehead atoms. The average molecular weight is 360 g/mol. The van der Waals surface area contributed by atoms with Crippen LogP contribution in [0.4, 0.5) is 10.1 Å². The summed E-state index contributed by atoms with van der Waals surface area (Å²) in [5.74, 6) is -0.0689. The first-order valence-corrected chi connectivity index (χ1v) is 9.01. The maximum atomic E-state index is 14.1. The molecule has 1 aliphatic heterocycles. The van der Waals surface area contributed by atoms with Crippen molar-refractivity contribution in [2.45, 2.75) is 12.3 Å². The molecule has 27 heavy (non-hydrogen) atoms. The molecule has 4 nitrogen and oxygen atoms in total. The van der Waals surface area contributed by atoms with Crippen LogP contribution in [-0.4, -0.2) is 18.1 Å². The van der Waals surface area contributed by atoms with Crippen LogP contribution in [0.5, 0.6) is 0 Å². The van der Waals surface area contributed by atoms with Crippen LogP contribution in [0, 0.1) is 5.82 Å². The molecule has 1 saturated heterocycles. The molecule has 1 aliphatic rings. The molecule has 0 radical (unpaired) electrons. The van der Waals surface area contributed by atoms with Crippen molar-refractivity contribution in [2.24, 2.45) is 0 Å². The Morgan fingerprint density at radius 3 is 2.78 bits per heavy atom. The van der Waals surface area contributed by atoms with Crippen LogP contribution in [0.15, 0.2) is 70.1 Å². The highest BCUT2D eigenvalue weighted by Crippen LogP contribution is 2.32. The third-order valence-corrected chi connectivity index (χ3v) is 5.36. The van der Waals surface area contributed by atoms with Crippen molar-refractivity contribution in [3.8, 4) is 0 Å². The van der Waals surface area contributed by atoms with Crippen molar-refractivity contribution in [1.82, 2.24) is 4.98 Å². The first-order chi connectivity index (χ1) is 13.2. The van der Waals surface area contributed by atoms with E-state index in [2.05, 4.69) is 22.0 Å². The van der Waals surface area contributed by atoms with E-state index in [9.17, 15) is 9.18 Å². The first kappa shape index (κ1) is 16.0. The van der Waals surface area contributed by atoms with E-state index >= 15 is 0 Å². The Kier molecular flexibility index (Phi) is 3.67. The molecule has 3 heterocycles. The fraction of sp³-hybridized carbons (Fsp3) is 0.182. The van der Waals surface area contributed by atoms with Gasteiger partial charge in [0.2, 0.25) is 5.43 Å². The number of fused-ring (bicyclic) bond motifs is 2. The van der Waals surface area contributed by atoms with Crippen LogP contribution in [0.25, 0.3) is 21.9 Å². The second-order valence-electron chi connectivity index (χ2n) is 6.94. The van der Waals surface area contributed by atoms with Gasteiger partial charge < -0.3 is 9.32 Å². The van der Waals surface area contributed by atoms with Gasteiger partial charge in [-0.1, -0.05) is 6.07 Å². The van der Waals surface area contributed by atoms with E-state index in [1.165, 1.54) is 17.7 Å². The second kappa shape index (κ2) is 6.20. The van der Waals surface area contributed by atoms with Crippen molar-refractivity contribution in [3.05, 3.63) is 82.5 Å². The Morgan fingerprint density at radius 1 is 1.07 bits per heavy atom. The Bertz CT molecular complexity index is 1200. The SMILES string of the molecule is O=c1c2ccc(N3CC[C@@H](c4ccncc4)C3)cc2oc2c(F)cccc12. The molecule has 2 aromatic carbocycles. The van der Waals surface area contributed by atoms with Gasteiger partial charge >= 0.3 is 0 Å². The molecule has 0 aliphatic carbocycles. The van der Waals surface area contributed by atoms with E-state index in [0.29, 0.717) is 16.9 Å². The fourth-order valence-corrected chi connectivity index (χ4v) is 3.93. The van der Waals surface area contributed by atoms with Crippen molar-refractivity contribution >= 4 is 27.6 Å². The predicted octanol–water partition coefficient (Wildman–Crippen LogP) is 4.47. The normalized spacial score (nSPS) is 17.1. The van der Waals surface area contributed by atoms with Gasteiger partial charge in [0.15, 0.2) is 11.4 Å². The molecule has 5 heteroatoms. The molecule has 134 valence electrons. The number of pyridine rings is 1. The summed E-state index contributed by atoms with van der Waals surface area (Å²) in [5.41, 5.74) is 2.50. The van der Waals surface area contributed by atoms with Gasteiger partial charge in [-0.15, -0.1) is 0 Å². The molecular formula is C22H17FN2O2. The maximum Gasteiger partial charge on any atom is 0.200 e. The van der Waals surface area contributed by atoms with Gasteiger partial charge in [0.25, 0.3) is 0 Å². The number of halogens is 1. The molecule has 1 atom stereocenters. The quantitative estimate of drug-likeness (QED) is 0.495. The minimum atomic E-state index is -0.518. The lowest BCUT2D eigenvalue weighted by Gasteiger charge is -2.19. The van der Waals surface area contributed by atoms with Crippen LogP contribution >= 0.6 is 0 Å². The number of rotatable bonds is 2. The van der Waals surface area contributed by atoms with E-state index < -0.39 is 5.82 Å². The smallest absolute Gasteiger partial charge is 0.200 e. The van der Waals surface area contributed by atoms with Gasteiger partial charge in [-0.05, 0) is 48.4 Å². The monoisotopic (exact) mass is 360 g/mol. The van der Waals surface area contributed by atoms with Crippen molar-refractivity contribution in [1.29, 1.82) is 0 Å². The van der Waals surface area contributed by atoms with Crippen LogP contribution in [0.1, 0.15) is 17.9 Å². The molecule has 0 saturated carbocycles. The number of nitrogens with zero attached hydrogens (tertiary/aromatic N) is 2. The highest BCUT2D eigenvalue weighted by Gasteiger charge is 2.24. The molecule has 1 fully saturated rings. The molecule has 0 unspecified atom stereocenters. The summed E-state index contributed by atoms with van der Waals surface area (Å²) < 4.78 is 19.8. The summed E-state index contributed by atoms with van der Waals surface area (Å²) in [6.45, 7) is 1.81. The Hall–Kier alpha value is -3.21. The van der Waals surface area contributed by atoms with Crippen LogP contribution in [0.2, 0.25) is 0 Å². The lowest BCUT2D eigenvalue weighted by atomic mass is 10.00. The van der Waals surface area contributed by atoms with E-state index in [1.54, 1.807) is 12.1 Å². The summed E-state index contributed by atoms with van der Waals surface area (Å²) in [5, 5.41) is 0.746. The fourth-order valence-electron chi connectivity index (χ4n) is 3.93. The lowest BCUT2D eigenvalue weighted by Crippen LogP contribution is -2.19. The van der Waals surface area contributed by atoms with E-state index in [-0.39, 0.29) is 16.4 Å². The summed E-state index contributed by atoms with van der Waals surface area (Å²) in [7, 11) is 0. The second-order valence-corrected chi connectivity index (χ2v) is 6.94. The number of hydrogen-bond acceptors (Lipinski definition) is 4. The standard InChI is InChI=1S/C22H17FN2O2/c23-19-3-1-2-18-21(26)17-5-4-16(12-20(17)27-22(18)19)25-11-8-15(13-25)14-6-9-24-10-7-14/h1-7,9-10,12,15H,8,11,13H2/t15-/m1/s1. The Balaban J connectivity index is 1.54. The van der Waals surface area contributed by atoms with Crippen LogP contribution < -0.4 is 10.3 Å². The lowest BCUT2D eigenvalue weighted by molar-refractivity contribution is 0.579. The minimum Gasteiger partial charge on any atom is -0.453 e. The molecule has 0 spiro atoms. The molecule has 5 rings (SSSR count). The third kappa shape index (κ3) is 2.67. The molecule has 0 amide bonds. The van der Waals surface area contributed by atoms with Gasteiger partial charge in [-0.3, -0.25) is 9.78 Å². The summed E-state index contributed by atoms with van der Waals surface area (Å²) in [6, 6.07) is 14.1. The summed E-state index contributed by atoms with van der Waals surface area (Å²) >= 11 is 0. The average Bonchev–Trinajstić information content (AvgIpc) is 3.20. The van der Waals surface area contributed by atoms with Gasteiger partial charge in [-0.2, -0.15) is 0 Å². The zero-order valence-electron chi connectivity index (χ0n) is 14.6. The zero-order chi connectivity index (χ0) is 18.4. The Morgan fingerprint density at radius 2 is 1.93 bits per heavy atom. The van der Waals surface area contributed by atoms with Crippen LogP contribution in [-0.2, 0) is 0 Å². The predicted molar refractivity (Wildman–Crippen MR) is 104 cm³/mol. The molecule has 0 N–H and O–H groups in total. The van der Waals surface area contributed by atoms with Gasteiger partial charge in [0, 0.05) is 43.2 Å². The number of anilines is 1. The molecule has 2 aromatic heterocycles. The van der Waals surface area contributed by atoms with E-state index in [0.717, 1.165) is 25.2 Å². The van der Waals surface area contributed by atoms with Crippen molar-refractivity contribution in [2.75, 3.05) is 18.0 Å². The van der Waals surface area contributed by atoms with E-state index in [1.807, 2.05) is 24.5 Å². The number of para-hydroxylation sites is 1. The zero-order valence-corrected chi connectivity index (χ0v) is 14.6. The van der Waals surface area contributed by atoms with Crippen molar-refractivity contribution in [3.63, 3.8) is 0 Å².